The third kappa shape index (κ3) is 4.56. The molecule has 21 heavy (non-hydrogen) atoms. The number of anilines is 1. The summed E-state index contributed by atoms with van der Waals surface area (Å²) in [4.78, 5) is 23.1. The van der Waals surface area contributed by atoms with E-state index in [-0.39, 0.29) is 24.3 Å². The van der Waals surface area contributed by atoms with Gasteiger partial charge in [-0.1, -0.05) is 18.6 Å². The number of nitrogens with one attached hydrogen (secondary N) is 1. The molecule has 0 spiro atoms. The van der Waals surface area contributed by atoms with Crippen molar-refractivity contribution in [2.24, 2.45) is 11.7 Å². The maximum absolute atomic E-state index is 12.0. The van der Waals surface area contributed by atoms with Crippen molar-refractivity contribution in [1.82, 2.24) is 0 Å². The number of nitrogens with two attached hydrogens (primary N) is 1. The Labute approximate surface area is 124 Å². The van der Waals surface area contributed by atoms with Crippen LogP contribution in [0.5, 0.6) is 0 Å². The number of hydrogen-bond acceptors (Lipinski definition) is 4. The highest BCUT2D eigenvalue weighted by molar-refractivity contribution is 5.91. The second-order valence-electron chi connectivity index (χ2n) is 5.56. The fourth-order valence-corrected chi connectivity index (χ4v) is 2.71. The van der Waals surface area contributed by atoms with Crippen LogP contribution in [0.2, 0.25) is 0 Å². The van der Waals surface area contributed by atoms with E-state index in [4.69, 9.17) is 5.73 Å². The molecule has 1 amide bonds. The molecule has 0 aromatic heterocycles. The molecule has 3 N–H and O–H groups in total. The fraction of sp³-hybridized carbons (Fsp3) is 0.500. The zero-order valence-corrected chi connectivity index (χ0v) is 12.3. The van der Waals surface area contributed by atoms with Crippen LogP contribution in [-0.2, 0) is 20.7 Å². The average molecular weight is 290 g/mol. The quantitative estimate of drug-likeness (QED) is 0.811. The zero-order valence-electron chi connectivity index (χ0n) is 12.3. The van der Waals surface area contributed by atoms with Gasteiger partial charge in [-0.05, 0) is 36.5 Å². The number of esters is 1. The van der Waals surface area contributed by atoms with E-state index < -0.39 is 0 Å². The Bertz CT molecular complexity index is 499. The van der Waals surface area contributed by atoms with Crippen LogP contribution in [0.3, 0.4) is 0 Å². The summed E-state index contributed by atoms with van der Waals surface area (Å²) >= 11 is 0. The minimum atomic E-state index is -0.276. The van der Waals surface area contributed by atoms with E-state index in [1.807, 2.05) is 12.1 Å². The molecule has 5 nitrogen and oxygen atoms in total. The van der Waals surface area contributed by atoms with Gasteiger partial charge in [-0.2, -0.15) is 0 Å². The number of hydrogen-bond donors (Lipinski definition) is 2. The monoisotopic (exact) mass is 290 g/mol. The molecule has 0 bridgehead atoms. The van der Waals surface area contributed by atoms with Crippen molar-refractivity contribution in [2.45, 2.75) is 38.1 Å². The van der Waals surface area contributed by atoms with Gasteiger partial charge in [0.2, 0.25) is 5.91 Å². The number of amides is 1. The Morgan fingerprint density at radius 1 is 1.29 bits per heavy atom. The summed E-state index contributed by atoms with van der Waals surface area (Å²) in [6.07, 6.45) is 3.88. The molecule has 0 aliphatic heterocycles. The third-order valence-corrected chi connectivity index (χ3v) is 3.98. The first-order valence-electron chi connectivity index (χ1n) is 7.29. The number of carbonyl (C=O) groups excluding carboxylic acids is 2. The highest BCUT2D eigenvalue weighted by Crippen LogP contribution is 2.27. The normalized spacial score (nSPS) is 21.0. The van der Waals surface area contributed by atoms with Crippen LogP contribution in [0.4, 0.5) is 5.69 Å². The van der Waals surface area contributed by atoms with Crippen molar-refractivity contribution in [1.29, 1.82) is 0 Å². The first kappa shape index (κ1) is 15.5. The van der Waals surface area contributed by atoms with Crippen molar-refractivity contribution < 1.29 is 14.3 Å². The van der Waals surface area contributed by atoms with Crippen LogP contribution in [-0.4, -0.2) is 25.0 Å². The Morgan fingerprint density at radius 3 is 2.57 bits per heavy atom. The number of benzene rings is 1. The van der Waals surface area contributed by atoms with Gasteiger partial charge in [0.05, 0.1) is 13.5 Å². The SMILES string of the molecule is COC(=O)Cc1ccc(NC(=O)C[C@@H]2CCC[C@H]2N)cc1. The van der Waals surface area contributed by atoms with E-state index in [0.717, 1.165) is 30.5 Å². The van der Waals surface area contributed by atoms with E-state index >= 15 is 0 Å². The van der Waals surface area contributed by atoms with Gasteiger partial charge in [-0.15, -0.1) is 0 Å². The Balaban J connectivity index is 1.85. The van der Waals surface area contributed by atoms with Crippen LogP contribution >= 0.6 is 0 Å². The molecule has 1 aromatic carbocycles. The second kappa shape index (κ2) is 7.22. The molecule has 0 saturated heterocycles. The van der Waals surface area contributed by atoms with Gasteiger partial charge in [-0.25, -0.2) is 0 Å². The number of ether oxygens (including phenoxy) is 1. The Kier molecular flexibility index (Phi) is 5.33. The van der Waals surface area contributed by atoms with E-state index in [1.165, 1.54) is 7.11 Å². The van der Waals surface area contributed by atoms with Gasteiger partial charge in [0, 0.05) is 18.2 Å². The highest BCUT2D eigenvalue weighted by Gasteiger charge is 2.25. The van der Waals surface area contributed by atoms with Crippen LogP contribution in [0.15, 0.2) is 24.3 Å². The molecular formula is C16H22N2O3. The summed E-state index contributed by atoms with van der Waals surface area (Å²) in [6.45, 7) is 0. The summed E-state index contributed by atoms with van der Waals surface area (Å²) in [5, 5.41) is 2.87. The molecule has 0 heterocycles. The molecule has 5 heteroatoms. The lowest BCUT2D eigenvalue weighted by molar-refractivity contribution is -0.139. The van der Waals surface area contributed by atoms with Crippen molar-refractivity contribution >= 4 is 17.6 Å². The molecule has 1 aliphatic rings. The lowest BCUT2D eigenvalue weighted by Gasteiger charge is -2.14. The van der Waals surface area contributed by atoms with Gasteiger partial charge in [-0.3, -0.25) is 9.59 Å². The standard InChI is InChI=1S/C16H22N2O3/c1-21-16(20)9-11-5-7-13(8-6-11)18-15(19)10-12-3-2-4-14(12)17/h5-8,12,14H,2-4,9-10,17H2,1H3,(H,18,19)/t12-,14+/m0/s1. The second-order valence-corrected chi connectivity index (χ2v) is 5.56. The minimum Gasteiger partial charge on any atom is -0.469 e. The predicted octanol–water partition coefficient (Wildman–Crippen LogP) is 1.86. The van der Waals surface area contributed by atoms with Crippen molar-refractivity contribution in [2.75, 3.05) is 12.4 Å². The lowest BCUT2D eigenvalue weighted by Crippen LogP contribution is -2.28. The van der Waals surface area contributed by atoms with Crippen LogP contribution in [0, 0.1) is 5.92 Å². The molecule has 1 aliphatic carbocycles. The largest absolute Gasteiger partial charge is 0.469 e. The fourth-order valence-electron chi connectivity index (χ4n) is 2.71. The molecule has 1 fully saturated rings. The molecule has 0 unspecified atom stereocenters. The number of carbonyl (C=O) groups is 2. The van der Waals surface area contributed by atoms with Crippen molar-refractivity contribution in [3.8, 4) is 0 Å². The molecule has 1 aromatic rings. The van der Waals surface area contributed by atoms with Crippen molar-refractivity contribution in [3.05, 3.63) is 29.8 Å². The van der Waals surface area contributed by atoms with Crippen LogP contribution in [0.1, 0.15) is 31.2 Å². The average Bonchev–Trinajstić information content (AvgIpc) is 2.86. The van der Waals surface area contributed by atoms with Crippen molar-refractivity contribution in [3.63, 3.8) is 0 Å². The third-order valence-electron chi connectivity index (χ3n) is 3.98. The first-order valence-corrected chi connectivity index (χ1v) is 7.29. The minimum absolute atomic E-state index is 0.00179. The van der Waals surface area contributed by atoms with Gasteiger partial charge >= 0.3 is 5.97 Å². The predicted molar refractivity (Wildman–Crippen MR) is 80.7 cm³/mol. The summed E-state index contributed by atoms with van der Waals surface area (Å²) in [6, 6.07) is 7.37. The zero-order chi connectivity index (χ0) is 15.2. The van der Waals surface area contributed by atoms with E-state index in [0.29, 0.717) is 12.3 Å². The van der Waals surface area contributed by atoms with Gasteiger partial charge < -0.3 is 15.8 Å². The van der Waals surface area contributed by atoms with Crippen LogP contribution < -0.4 is 11.1 Å². The maximum Gasteiger partial charge on any atom is 0.309 e. The number of methoxy groups -OCH3 is 1. The smallest absolute Gasteiger partial charge is 0.309 e. The highest BCUT2D eigenvalue weighted by atomic mass is 16.5. The summed E-state index contributed by atoms with van der Waals surface area (Å²) < 4.78 is 4.61. The first-order chi connectivity index (χ1) is 10.1. The Hall–Kier alpha value is -1.88. The van der Waals surface area contributed by atoms with Gasteiger partial charge in [0.25, 0.3) is 0 Å². The maximum atomic E-state index is 12.0. The van der Waals surface area contributed by atoms with E-state index in [9.17, 15) is 9.59 Å². The van der Waals surface area contributed by atoms with Gasteiger partial charge in [0.1, 0.15) is 0 Å². The summed E-state index contributed by atoms with van der Waals surface area (Å²) in [5.74, 6) is 0.0173. The lowest BCUT2D eigenvalue weighted by atomic mass is 10.00. The molecule has 2 atom stereocenters. The van der Waals surface area contributed by atoms with Crippen LogP contribution in [0.25, 0.3) is 0 Å². The molecule has 114 valence electrons. The van der Waals surface area contributed by atoms with E-state index in [2.05, 4.69) is 10.1 Å². The number of rotatable bonds is 5. The molecular weight excluding hydrogens is 268 g/mol. The van der Waals surface area contributed by atoms with E-state index in [1.54, 1.807) is 12.1 Å². The molecule has 0 radical (unpaired) electrons. The summed E-state index contributed by atoms with van der Waals surface area (Å²) in [5.41, 5.74) is 7.57. The molecule has 2 rings (SSSR count). The topological polar surface area (TPSA) is 81.4 Å². The Morgan fingerprint density at radius 2 is 2.00 bits per heavy atom. The van der Waals surface area contributed by atoms with Gasteiger partial charge in [0.15, 0.2) is 0 Å². The summed E-state index contributed by atoms with van der Waals surface area (Å²) in [7, 11) is 1.37. The molecule has 1 saturated carbocycles.